The molecule has 0 aliphatic heterocycles. The van der Waals surface area contributed by atoms with Crippen molar-refractivity contribution in [3.05, 3.63) is 36.5 Å². The van der Waals surface area contributed by atoms with E-state index in [4.69, 9.17) is 0 Å². The molecule has 0 amide bonds. The lowest BCUT2D eigenvalue weighted by molar-refractivity contribution is 0.288. The minimum absolute atomic E-state index is 0.349. The number of thioether (sulfide) groups is 1. The van der Waals surface area contributed by atoms with Gasteiger partial charge >= 0.3 is 0 Å². The van der Waals surface area contributed by atoms with Crippen LogP contribution < -0.4 is 0 Å². The average molecular weight is 367 g/mol. The third-order valence-electron chi connectivity index (χ3n) is 4.19. The molecular weight excluding hydrogens is 324 g/mol. The highest BCUT2D eigenvalue weighted by Gasteiger charge is 2.06. The van der Waals surface area contributed by atoms with Gasteiger partial charge in [-0.25, -0.2) is 0 Å². The minimum Gasteiger partial charge on any atom is -0.395 e. The van der Waals surface area contributed by atoms with Gasteiger partial charge in [-0.1, -0.05) is 82.4 Å². The van der Waals surface area contributed by atoms with Gasteiger partial charge in [-0.2, -0.15) is 11.8 Å². The predicted octanol–water partition coefficient (Wildman–Crippen LogP) is 7.47. The summed E-state index contributed by atoms with van der Waals surface area (Å²) in [6, 6.07) is 0. The Balaban J connectivity index is 3.32. The van der Waals surface area contributed by atoms with Crippen molar-refractivity contribution in [1.82, 2.24) is 0 Å². The van der Waals surface area contributed by atoms with E-state index in [1.165, 1.54) is 63.5 Å². The summed E-state index contributed by atoms with van der Waals surface area (Å²) in [6.07, 6.45) is 28.5. The maximum Gasteiger partial charge on any atom is 0.0550 e. The molecular formula is C23H42OS. The van der Waals surface area contributed by atoms with Crippen molar-refractivity contribution in [3.8, 4) is 0 Å². The van der Waals surface area contributed by atoms with E-state index in [2.05, 4.69) is 50.3 Å². The SMILES string of the molecule is CC/C=C\C/C=C\C/C=C\CCCCCCCCC(CO)SCCC. The molecule has 0 radical (unpaired) electrons. The highest BCUT2D eigenvalue weighted by molar-refractivity contribution is 7.99. The fraction of sp³-hybridized carbons (Fsp3) is 0.739. The van der Waals surface area contributed by atoms with Gasteiger partial charge in [0.2, 0.25) is 0 Å². The van der Waals surface area contributed by atoms with Crippen LogP contribution in [0.15, 0.2) is 36.5 Å². The quantitative estimate of drug-likeness (QED) is 0.200. The maximum absolute atomic E-state index is 9.34. The summed E-state index contributed by atoms with van der Waals surface area (Å²) in [6.45, 7) is 4.73. The lowest BCUT2D eigenvalue weighted by atomic mass is 10.1. The van der Waals surface area contributed by atoms with Crippen LogP contribution in [0.2, 0.25) is 0 Å². The Bertz CT molecular complexity index is 333. The van der Waals surface area contributed by atoms with E-state index < -0.39 is 0 Å². The molecule has 0 aromatic carbocycles. The summed E-state index contributed by atoms with van der Waals surface area (Å²) in [7, 11) is 0. The second-order valence-electron chi connectivity index (χ2n) is 6.67. The number of allylic oxidation sites excluding steroid dienone is 6. The first-order valence-corrected chi connectivity index (χ1v) is 11.6. The van der Waals surface area contributed by atoms with Crippen LogP contribution >= 0.6 is 11.8 Å². The molecule has 0 heterocycles. The van der Waals surface area contributed by atoms with Crippen LogP contribution in [0.3, 0.4) is 0 Å². The zero-order valence-corrected chi connectivity index (χ0v) is 17.6. The lowest BCUT2D eigenvalue weighted by Crippen LogP contribution is -2.09. The molecule has 1 unspecified atom stereocenters. The van der Waals surface area contributed by atoms with Crippen LogP contribution in [-0.4, -0.2) is 22.7 Å². The molecule has 1 N–H and O–H groups in total. The van der Waals surface area contributed by atoms with Crippen molar-refractivity contribution in [1.29, 1.82) is 0 Å². The van der Waals surface area contributed by atoms with Crippen LogP contribution in [-0.2, 0) is 0 Å². The van der Waals surface area contributed by atoms with Crippen LogP contribution in [0, 0.1) is 0 Å². The molecule has 25 heavy (non-hydrogen) atoms. The Hall–Kier alpha value is -0.470. The fourth-order valence-corrected chi connectivity index (χ4v) is 3.69. The second kappa shape index (κ2) is 21.6. The molecule has 0 aromatic rings. The van der Waals surface area contributed by atoms with Gasteiger partial charge in [-0.05, 0) is 50.7 Å². The molecule has 0 spiro atoms. The number of hydrogen-bond donors (Lipinski definition) is 1. The zero-order valence-electron chi connectivity index (χ0n) is 16.8. The fourth-order valence-electron chi connectivity index (χ4n) is 2.68. The smallest absolute Gasteiger partial charge is 0.0550 e. The third kappa shape index (κ3) is 19.7. The molecule has 0 aliphatic rings. The van der Waals surface area contributed by atoms with E-state index >= 15 is 0 Å². The average Bonchev–Trinajstić information content (AvgIpc) is 2.63. The van der Waals surface area contributed by atoms with Gasteiger partial charge in [-0.15, -0.1) is 0 Å². The number of unbranched alkanes of at least 4 members (excludes halogenated alkanes) is 6. The normalized spacial score (nSPS) is 13.6. The topological polar surface area (TPSA) is 20.2 Å². The highest BCUT2D eigenvalue weighted by Crippen LogP contribution is 2.19. The molecule has 0 rings (SSSR count). The number of aliphatic hydroxyl groups excluding tert-OH is 1. The first kappa shape index (κ1) is 24.5. The van der Waals surface area contributed by atoms with Gasteiger partial charge in [0.1, 0.15) is 0 Å². The standard InChI is InChI=1S/C23H42OS/c1-3-5-6-7-8-9-10-11-12-13-14-15-16-17-18-19-20-23(22-24)25-21-4-2/h5-6,8-9,11-12,23-24H,3-4,7,10,13-22H2,1-2H3/b6-5-,9-8-,12-11-. The zero-order chi connectivity index (χ0) is 18.4. The first-order valence-electron chi connectivity index (χ1n) is 10.5. The van der Waals surface area contributed by atoms with Crippen molar-refractivity contribution >= 4 is 11.8 Å². The molecule has 0 fully saturated rings. The van der Waals surface area contributed by atoms with E-state index in [1.807, 2.05) is 11.8 Å². The molecule has 0 bridgehead atoms. The van der Waals surface area contributed by atoms with E-state index in [0.29, 0.717) is 11.9 Å². The van der Waals surface area contributed by atoms with E-state index in [9.17, 15) is 5.11 Å². The van der Waals surface area contributed by atoms with Crippen molar-refractivity contribution in [2.45, 2.75) is 96.1 Å². The Labute approximate surface area is 162 Å². The Morgan fingerprint density at radius 3 is 2.00 bits per heavy atom. The molecule has 0 saturated carbocycles. The van der Waals surface area contributed by atoms with Crippen molar-refractivity contribution in [3.63, 3.8) is 0 Å². The van der Waals surface area contributed by atoms with Crippen LogP contribution in [0.5, 0.6) is 0 Å². The van der Waals surface area contributed by atoms with Gasteiger partial charge in [0.15, 0.2) is 0 Å². The molecule has 0 aromatic heterocycles. The molecule has 2 heteroatoms. The van der Waals surface area contributed by atoms with Gasteiger partial charge in [0.25, 0.3) is 0 Å². The van der Waals surface area contributed by atoms with Crippen LogP contribution in [0.25, 0.3) is 0 Å². The summed E-state index contributed by atoms with van der Waals surface area (Å²) >= 11 is 1.94. The van der Waals surface area contributed by atoms with E-state index in [1.54, 1.807) is 0 Å². The number of hydrogen-bond acceptors (Lipinski definition) is 2. The van der Waals surface area contributed by atoms with Gasteiger partial charge in [-0.3, -0.25) is 0 Å². The Morgan fingerprint density at radius 2 is 1.36 bits per heavy atom. The Morgan fingerprint density at radius 1 is 0.760 bits per heavy atom. The van der Waals surface area contributed by atoms with E-state index in [0.717, 1.165) is 19.3 Å². The summed E-state index contributed by atoms with van der Waals surface area (Å²) in [5.41, 5.74) is 0. The van der Waals surface area contributed by atoms with Crippen molar-refractivity contribution < 1.29 is 5.11 Å². The molecule has 1 atom stereocenters. The summed E-state index contributed by atoms with van der Waals surface area (Å²) in [4.78, 5) is 0. The van der Waals surface area contributed by atoms with Gasteiger partial charge in [0, 0.05) is 5.25 Å². The maximum atomic E-state index is 9.34. The number of aliphatic hydroxyl groups is 1. The molecule has 1 nitrogen and oxygen atoms in total. The third-order valence-corrected chi connectivity index (χ3v) is 5.69. The second-order valence-corrected chi connectivity index (χ2v) is 8.08. The molecule has 0 aliphatic carbocycles. The number of rotatable bonds is 18. The largest absolute Gasteiger partial charge is 0.395 e. The minimum atomic E-state index is 0.349. The monoisotopic (exact) mass is 366 g/mol. The lowest BCUT2D eigenvalue weighted by Gasteiger charge is -2.12. The Kier molecular flexibility index (Phi) is 21.2. The van der Waals surface area contributed by atoms with E-state index in [-0.39, 0.29) is 0 Å². The first-order chi connectivity index (χ1) is 12.3. The van der Waals surface area contributed by atoms with Crippen LogP contribution in [0.1, 0.15) is 90.9 Å². The van der Waals surface area contributed by atoms with Gasteiger partial charge in [0.05, 0.1) is 6.61 Å². The summed E-state index contributed by atoms with van der Waals surface area (Å²) in [5, 5.41) is 9.82. The molecule has 146 valence electrons. The molecule has 0 saturated heterocycles. The van der Waals surface area contributed by atoms with Crippen molar-refractivity contribution in [2.75, 3.05) is 12.4 Å². The highest BCUT2D eigenvalue weighted by atomic mass is 32.2. The summed E-state index contributed by atoms with van der Waals surface area (Å²) in [5.74, 6) is 1.18. The van der Waals surface area contributed by atoms with Crippen LogP contribution in [0.4, 0.5) is 0 Å². The van der Waals surface area contributed by atoms with Crippen molar-refractivity contribution in [2.24, 2.45) is 0 Å². The predicted molar refractivity (Wildman–Crippen MR) is 118 cm³/mol. The van der Waals surface area contributed by atoms with Gasteiger partial charge < -0.3 is 5.11 Å². The summed E-state index contributed by atoms with van der Waals surface area (Å²) < 4.78 is 0.